The van der Waals surface area contributed by atoms with E-state index in [0.29, 0.717) is 23.7 Å². The summed E-state index contributed by atoms with van der Waals surface area (Å²) in [6, 6.07) is 0. The monoisotopic (exact) mass is 440 g/mol. The largest absolute Gasteiger partial charge is 0.379 e. The molecule has 0 bridgehead atoms. The quantitative estimate of drug-likeness (QED) is 0.434. The summed E-state index contributed by atoms with van der Waals surface area (Å²) in [5.41, 5.74) is 0. The Labute approximate surface area is 190 Å². The molecule has 0 spiro atoms. The zero-order chi connectivity index (χ0) is 22.4. The lowest BCUT2D eigenvalue weighted by molar-refractivity contribution is -0.0990. The van der Waals surface area contributed by atoms with E-state index in [2.05, 4.69) is 34.6 Å². The van der Waals surface area contributed by atoms with Crippen LogP contribution in [-0.4, -0.2) is 63.6 Å². The maximum Gasteiger partial charge on any atom is 0.0836 e. The normalized spacial score (nSPS) is 43.5. The van der Waals surface area contributed by atoms with Crippen LogP contribution in [0, 0.1) is 23.7 Å². The Morgan fingerprint density at radius 2 is 1.29 bits per heavy atom. The first-order valence-electron chi connectivity index (χ1n) is 13.1. The molecule has 0 radical (unpaired) electrons. The van der Waals surface area contributed by atoms with Gasteiger partial charge in [-0.3, -0.25) is 0 Å². The first-order valence-corrected chi connectivity index (χ1v) is 13.1. The highest BCUT2D eigenvalue weighted by Crippen LogP contribution is 2.48. The number of hydrogen-bond donors (Lipinski definition) is 0. The van der Waals surface area contributed by atoms with Gasteiger partial charge in [0.2, 0.25) is 0 Å². The molecule has 31 heavy (non-hydrogen) atoms. The van der Waals surface area contributed by atoms with Gasteiger partial charge in [-0.2, -0.15) is 0 Å². The van der Waals surface area contributed by atoms with Gasteiger partial charge in [0.05, 0.1) is 36.6 Å². The van der Waals surface area contributed by atoms with Crippen LogP contribution in [0.2, 0.25) is 0 Å². The predicted octanol–water partition coefficient (Wildman–Crippen LogP) is 5.25. The molecule has 3 fully saturated rings. The molecule has 5 nitrogen and oxygen atoms in total. The highest BCUT2D eigenvalue weighted by molar-refractivity contribution is 5.00. The molecular formula is C26H48O5. The summed E-state index contributed by atoms with van der Waals surface area (Å²) < 4.78 is 31.2. The first kappa shape index (κ1) is 25.4. The molecule has 3 rings (SSSR count). The van der Waals surface area contributed by atoms with E-state index in [-0.39, 0.29) is 36.6 Å². The summed E-state index contributed by atoms with van der Waals surface area (Å²) in [6.07, 6.45) is 9.36. The predicted molar refractivity (Wildman–Crippen MR) is 123 cm³/mol. The molecule has 9 unspecified atom stereocenters. The van der Waals surface area contributed by atoms with Gasteiger partial charge in [0.25, 0.3) is 0 Å². The summed E-state index contributed by atoms with van der Waals surface area (Å²) in [6.45, 7) is 13.3. The molecule has 0 aromatic heterocycles. The van der Waals surface area contributed by atoms with Crippen LogP contribution < -0.4 is 0 Å². The van der Waals surface area contributed by atoms with E-state index in [4.69, 9.17) is 23.7 Å². The van der Waals surface area contributed by atoms with Crippen molar-refractivity contribution in [1.29, 1.82) is 0 Å². The summed E-state index contributed by atoms with van der Waals surface area (Å²) in [5, 5.41) is 0. The Hall–Kier alpha value is -0.200. The van der Waals surface area contributed by atoms with E-state index in [1.54, 1.807) is 0 Å². The number of ether oxygens (including phenoxy) is 5. The van der Waals surface area contributed by atoms with Crippen LogP contribution in [0.4, 0.5) is 0 Å². The number of methoxy groups -OCH3 is 1. The number of fused-ring (bicyclic) bond motifs is 1. The van der Waals surface area contributed by atoms with Crippen molar-refractivity contribution >= 4 is 0 Å². The fourth-order valence-electron chi connectivity index (χ4n) is 6.80. The van der Waals surface area contributed by atoms with Crippen molar-refractivity contribution in [2.45, 2.75) is 116 Å². The lowest BCUT2D eigenvalue weighted by atomic mass is 9.74. The van der Waals surface area contributed by atoms with E-state index in [1.807, 2.05) is 7.11 Å². The fourth-order valence-corrected chi connectivity index (χ4v) is 6.80. The Bertz CT molecular complexity index is 488. The minimum atomic E-state index is 0.204. The van der Waals surface area contributed by atoms with E-state index in [1.165, 1.54) is 12.8 Å². The average Bonchev–Trinajstić information content (AvgIpc) is 2.95. The molecule has 0 aromatic rings. The Balaban J connectivity index is 1.74. The zero-order valence-electron chi connectivity index (χ0n) is 20.9. The fraction of sp³-hybridized carbons (Fsp3) is 1.00. The molecular weight excluding hydrogens is 392 g/mol. The standard InChI is InChI=1S/C26H48O5/c1-7-10-13-30-21-12-11-19(14-22(21)27-6)20-15-23(28-8-2)25-17(4)31-18(5)26(25)24(16-20)29-9-3/h17-26H,7-16H2,1-6H3. The van der Waals surface area contributed by atoms with Gasteiger partial charge in [-0.1, -0.05) is 13.3 Å². The van der Waals surface area contributed by atoms with Crippen LogP contribution >= 0.6 is 0 Å². The lowest BCUT2D eigenvalue weighted by Gasteiger charge is -2.40. The van der Waals surface area contributed by atoms with Crippen LogP contribution in [0.1, 0.15) is 79.6 Å². The van der Waals surface area contributed by atoms with Crippen molar-refractivity contribution in [2.75, 3.05) is 26.9 Å². The van der Waals surface area contributed by atoms with Crippen molar-refractivity contribution in [2.24, 2.45) is 23.7 Å². The van der Waals surface area contributed by atoms with E-state index in [0.717, 1.165) is 51.9 Å². The molecule has 182 valence electrons. The van der Waals surface area contributed by atoms with Crippen LogP contribution in [0.5, 0.6) is 0 Å². The van der Waals surface area contributed by atoms with Gasteiger partial charge in [-0.05, 0) is 78.1 Å². The van der Waals surface area contributed by atoms with E-state index >= 15 is 0 Å². The Morgan fingerprint density at radius 3 is 1.81 bits per heavy atom. The van der Waals surface area contributed by atoms with Crippen LogP contribution in [0.25, 0.3) is 0 Å². The Morgan fingerprint density at radius 1 is 0.710 bits per heavy atom. The summed E-state index contributed by atoms with van der Waals surface area (Å²) in [7, 11) is 1.85. The second kappa shape index (κ2) is 12.3. The molecule has 2 saturated carbocycles. The Kier molecular flexibility index (Phi) is 10.1. The van der Waals surface area contributed by atoms with Gasteiger partial charge >= 0.3 is 0 Å². The lowest BCUT2D eigenvalue weighted by Crippen LogP contribution is -2.40. The van der Waals surface area contributed by atoms with Crippen LogP contribution in [-0.2, 0) is 23.7 Å². The van der Waals surface area contributed by atoms with Gasteiger partial charge in [-0.15, -0.1) is 0 Å². The highest BCUT2D eigenvalue weighted by atomic mass is 16.5. The molecule has 0 amide bonds. The van der Waals surface area contributed by atoms with Crippen molar-refractivity contribution in [3.63, 3.8) is 0 Å². The highest BCUT2D eigenvalue weighted by Gasteiger charge is 2.52. The zero-order valence-corrected chi connectivity index (χ0v) is 20.9. The van der Waals surface area contributed by atoms with Crippen molar-refractivity contribution in [3.05, 3.63) is 0 Å². The maximum absolute atomic E-state index is 6.39. The van der Waals surface area contributed by atoms with Gasteiger partial charge in [0.1, 0.15) is 0 Å². The topological polar surface area (TPSA) is 46.2 Å². The summed E-state index contributed by atoms with van der Waals surface area (Å²) in [4.78, 5) is 0. The molecule has 1 saturated heterocycles. The molecule has 3 aliphatic rings. The van der Waals surface area contributed by atoms with E-state index in [9.17, 15) is 0 Å². The van der Waals surface area contributed by atoms with Gasteiger partial charge in [0.15, 0.2) is 0 Å². The number of rotatable bonds is 10. The molecule has 0 N–H and O–H groups in total. The number of unbranched alkanes of at least 4 members (excludes halogenated alkanes) is 1. The third-order valence-electron chi connectivity index (χ3n) is 8.22. The number of hydrogen-bond acceptors (Lipinski definition) is 5. The third kappa shape index (κ3) is 6.03. The second-order valence-electron chi connectivity index (χ2n) is 10.0. The molecule has 9 atom stereocenters. The molecule has 0 aromatic carbocycles. The smallest absolute Gasteiger partial charge is 0.0836 e. The summed E-state index contributed by atoms with van der Waals surface area (Å²) in [5.74, 6) is 2.09. The van der Waals surface area contributed by atoms with Gasteiger partial charge < -0.3 is 23.7 Å². The van der Waals surface area contributed by atoms with Gasteiger partial charge in [0, 0.05) is 38.8 Å². The minimum Gasteiger partial charge on any atom is -0.379 e. The summed E-state index contributed by atoms with van der Waals surface area (Å²) >= 11 is 0. The molecule has 1 aliphatic heterocycles. The first-order chi connectivity index (χ1) is 15.0. The third-order valence-corrected chi connectivity index (χ3v) is 8.22. The molecule has 2 aliphatic carbocycles. The average molecular weight is 441 g/mol. The van der Waals surface area contributed by atoms with Crippen molar-refractivity contribution in [3.8, 4) is 0 Å². The van der Waals surface area contributed by atoms with Crippen molar-refractivity contribution in [1.82, 2.24) is 0 Å². The SMILES string of the molecule is CCCCOC1CCC(C2CC(OCC)C3C(C)OC(C)C3C(OCC)C2)CC1OC. The molecule has 5 heteroatoms. The van der Waals surface area contributed by atoms with Crippen molar-refractivity contribution < 1.29 is 23.7 Å². The molecule has 1 heterocycles. The van der Waals surface area contributed by atoms with Crippen LogP contribution in [0.15, 0.2) is 0 Å². The van der Waals surface area contributed by atoms with E-state index < -0.39 is 0 Å². The van der Waals surface area contributed by atoms with Crippen LogP contribution in [0.3, 0.4) is 0 Å². The van der Waals surface area contributed by atoms with Gasteiger partial charge in [-0.25, -0.2) is 0 Å². The maximum atomic E-state index is 6.39. The second-order valence-corrected chi connectivity index (χ2v) is 10.0. The minimum absolute atomic E-state index is 0.204.